The molecular weight excluding hydrogens is 114 g/mol. The molecule has 0 aliphatic rings. The monoisotopic (exact) mass is 127 g/mol. The molecule has 0 spiro atoms. The molecule has 0 amide bonds. The zero-order valence-corrected chi connectivity index (χ0v) is 5.83. The fraction of sp³-hybridized carbons (Fsp3) is 0.500. The molecule has 3 nitrogen and oxygen atoms in total. The van der Waals surface area contributed by atoms with Gasteiger partial charge >= 0.3 is 0 Å². The van der Waals surface area contributed by atoms with E-state index >= 15 is 0 Å². The lowest BCUT2D eigenvalue weighted by molar-refractivity contribution is 0.849. The maximum atomic E-state index is 5.45. The first kappa shape index (κ1) is 8.17. The van der Waals surface area contributed by atoms with Crippen LogP contribution in [0.15, 0.2) is 16.8 Å². The van der Waals surface area contributed by atoms with Gasteiger partial charge in [0.2, 0.25) is 0 Å². The maximum Gasteiger partial charge on any atom is 0.0414 e. The minimum Gasteiger partial charge on any atom is -0.401 e. The highest BCUT2D eigenvalue weighted by Gasteiger charge is 1.92. The van der Waals surface area contributed by atoms with Crippen LogP contribution in [0.2, 0.25) is 0 Å². The molecule has 4 N–H and O–H groups in total. The number of aliphatic imine (C=N–C) groups is 1. The van der Waals surface area contributed by atoms with Gasteiger partial charge in [0, 0.05) is 25.0 Å². The molecule has 0 saturated heterocycles. The van der Waals surface area contributed by atoms with Crippen molar-refractivity contribution in [2.24, 2.45) is 16.5 Å². The van der Waals surface area contributed by atoms with Crippen LogP contribution in [-0.4, -0.2) is 19.3 Å². The Morgan fingerprint density at radius 2 is 2.22 bits per heavy atom. The van der Waals surface area contributed by atoms with E-state index in [1.165, 1.54) is 0 Å². The number of rotatable bonds is 2. The Hall–Kier alpha value is -0.830. The first-order valence-corrected chi connectivity index (χ1v) is 2.82. The van der Waals surface area contributed by atoms with Gasteiger partial charge in [0.15, 0.2) is 0 Å². The summed E-state index contributed by atoms with van der Waals surface area (Å²) < 4.78 is 0. The van der Waals surface area contributed by atoms with Crippen LogP contribution in [0.1, 0.15) is 6.92 Å². The van der Waals surface area contributed by atoms with Crippen LogP contribution >= 0.6 is 0 Å². The predicted molar refractivity (Wildman–Crippen MR) is 40.3 cm³/mol. The van der Waals surface area contributed by atoms with Crippen LogP contribution in [0.5, 0.6) is 0 Å². The normalized spacial score (nSPS) is 16.6. The molecule has 0 bridgehead atoms. The molecule has 1 unspecified atom stereocenters. The summed E-state index contributed by atoms with van der Waals surface area (Å²) in [6, 6.07) is -0.0806. The molecule has 1 atom stereocenters. The number of allylic oxidation sites excluding steroid dienone is 1. The Balaban J connectivity index is 3.84. The Bertz CT molecular complexity index is 124. The van der Waals surface area contributed by atoms with E-state index in [-0.39, 0.29) is 6.04 Å². The van der Waals surface area contributed by atoms with Crippen molar-refractivity contribution in [2.75, 3.05) is 7.05 Å². The Labute approximate surface area is 55.4 Å². The quantitative estimate of drug-likeness (QED) is 0.508. The topological polar surface area (TPSA) is 64.4 Å². The molecule has 0 saturated carbocycles. The van der Waals surface area contributed by atoms with Gasteiger partial charge in [-0.1, -0.05) is 0 Å². The fourth-order valence-corrected chi connectivity index (χ4v) is 0.312. The van der Waals surface area contributed by atoms with E-state index in [0.29, 0.717) is 5.70 Å². The lowest BCUT2D eigenvalue weighted by atomic mass is 10.2. The lowest BCUT2D eigenvalue weighted by Gasteiger charge is -2.01. The highest BCUT2D eigenvalue weighted by atomic mass is 14.7. The highest BCUT2D eigenvalue weighted by molar-refractivity contribution is 5.71. The largest absolute Gasteiger partial charge is 0.401 e. The van der Waals surface area contributed by atoms with Crippen molar-refractivity contribution in [3.05, 3.63) is 11.8 Å². The van der Waals surface area contributed by atoms with E-state index in [9.17, 15) is 0 Å². The van der Waals surface area contributed by atoms with Gasteiger partial charge in [-0.05, 0) is 13.0 Å². The lowest BCUT2D eigenvalue weighted by Crippen LogP contribution is -2.23. The van der Waals surface area contributed by atoms with Crippen LogP contribution in [0.3, 0.4) is 0 Å². The molecule has 0 rings (SSSR count). The first-order chi connectivity index (χ1) is 4.18. The fourth-order valence-electron chi connectivity index (χ4n) is 0.312. The molecule has 0 heterocycles. The van der Waals surface area contributed by atoms with Crippen LogP contribution in [0.4, 0.5) is 0 Å². The highest BCUT2D eigenvalue weighted by Crippen LogP contribution is 1.85. The van der Waals surface area contributed by atoms with Gasteiger partial charge in [0.05, 0.1) is 0 Å². The number of nitrogens with zero attached hydrogens (tertiary/aromatic N) is 1. The van der Waals surface area contributed by atoms with Crippen molar-refractivity contribution in [3.8, 4) is 0 Å². The summed E-state index contributed by atoms with van der Waals surface area (Å²) >= 11 is 0. The second kappa shape index (κ2) is 4.09. The summed E-state index contributed by atoms with van der Waals surface area (Å²) in [7, 11) is 1.69. The minimum atomic E-state index is -0.0806. The van der Waals surface area contributed by atoms with Crippen molar-refractivity contribution in [1.82, 2.24) is 0 Å². The SMILES string of the molecule is CN=C/C=C(\N)C(C)N. The summed E-state index contributed by atoms with van der Waals surface area (Å²) in [4.78, 5) is 3.72. The second-order valence-corrected chi connectivity index (χ2v) is 1.86. The Morgan fingerprint density at radius 1 is 1.67 bits per heavy atom. The first-order valence-electron chi connectivity index (χ1n) is 2.82. The van der Waals surface area contributed by atoms with Gasteiger partial charge in [-0.3, -0.25) is 4.99 Å². The maximum absolute atomic E-state index is 5.45. The number of nitrogens with two attached hydrogens (primary N) is 2. The average Bonchev–Trinajstić information content (AvgIpc) is 1.82. The predicted octanol–water partition coefficient (Wildman–Crippen LogP) is -0.123. The third kappa shape index (κ3) is 3.73. The van der Waals surface area contributed by atoms with Gasteiger partial charge in [0.1, 0.15) is 0 Å². The van der Waals surface area contributed by atoms with Gasteiger partial charge in [0.25, 0.3) is 0 Å². The molecule has 3 heteroatoms. The second-order valence-electron chi connectivity index (χ2n) is 1.86. The van der Waals surface area contributed by atoms with E-state index in [1.807, 2.05) is 6.92 Å². The summed E-state index contributed by atoms with van der Waals surface area (Å²) in [5.74, 6) is 0. The van der Waals surface area contributed by atoms with Crippen molar-refractivity contribution in [2.45, 2.75) is 13.0 Å². The standard InChI is InChI=1S/C6H13N3/c1-5(7)6(8)3-4-9-2/h3-5H,7-8H2,1-2H3/b6-3-,9-4?. The van der Waals surface area contributed by atoms with Crippen molar-refractivity contribution in [3.63, 3.8) is 0 Å². The Morgan fingerprint density at radius 3 is 2.56 bits per heavy atom. The number of hydrogen-bond acceptors (Lipinski definition) is 3. The molecule has 0 fully saturated rings. The average molecular weight is 127 g/mol. The van der Waals surface area contributed by atoms with E-state index < -0.39 is 0 Å². The molecule has 0 aliphatic heterocycles. The van der Waals surface area contributed by atoms with E-state index in [1.54, 1.807) is 19.3 Å². The molecule has 9 heavy (non-hydrogen) atoms. The zero-order valence-electron chi connectivity index (χ0n) is 5.83. The van der Waals surface area contributed by atoms with Gasteiger partial charge in [-0.15, -0.1) is 0 Å². The van der Waals surface area contributed by atoms with E-state index in [0.717, 1.165) is 0 Å². The van der Waals surface area contributed by atoms with Crippen LogP contribution < -0.4 is 11.5 Å². The van der Waals surface area contributed by atoms with Crippen LogP contribution in [0, 0.1) is 0 Å². The molecule has 0 aliphatic carbocycles. The van der Waals surface area contributed by atoms with Crippen LogP contribution in [0.25, 0.3) is 0 Å². The molecule has 52 valence electrons. The van der Waals surface area contributed by atoms with Gasteiger partial charge in [-0.25, -0.2) is 0 Å². The Kier molecular flexibility index (Phi) is 3.71. The van der Waals surface area contributed by atoms with E-state index in [2.05, 4.69) is 4.99 Å². The molecule has 0 radical (unpaired) electrons. The minimum absolute atomic E-state index is 0.0806. The smallest absolute Gasteiger partial charge is 0.0414 e. The summed E-state index contributed by atoms with van der Waals surface area (Å²) in [5, 5.41) is 0. The third-order valence-corrected chi connectivity index (χ3v) is 0.942. The summed E-state index contributed by atoms with van der Waals surface area (Å²) in [6.07, 6.45) is 3.32. The van der Waals surface area contributed by atoms with Crippen molar-refractivity contribution >= 4 is 6.21 Å². The van der Waals surface area contributed by atoms with E-state index in [4.69, 9.17) is 11.5 Å². The molecular formula is C6H13N3. The summed E-state index contributed by atoms with van der Waals surface area (Å²) in [5.41, 5.74) is 11.5. The molecule has 0 aromatic carbocycles. The third-order valence-electron chi connectivity index (χ3n) is 0.942. The zero-order chi connectivity index (χ0) is 7.28. The van der Waals surface area contributed by atoms with Crippen LogP contribution in [-0.2, 0) is 0 Å². The molecule has 0 aromatic rings. The van der Waals surface area contributed by atoms with Crippen molar-refractivity contribution < 1.29 is 0 Å². The summed E-state index contributed by atoms with van der Waals surface area (Å²) in [6.45, 7) is 1.83. The number of hydrogen-bond donors (Lipinski definition) is 2. The van der Waals surface area contributed by atoms with Gasteiger partial charge in [-0.2, -0.15) is 0 Å². The van der Waals surface area contributed by atoms with Crippen molar-refractivity contribution in [1.29, 1.82) is 0 Å². The van der Waals surface area contributed by atoms with Gasteiger partial charge < -0.3 is 11.5 Å². The molecule has 0 aromatic heterocycles.